The maximum atomic E-state index is 11.6. The van der Waals surface area contributed by atoms with Crippen molar-refractivity contribution in [3.8, 4) is 0 Å². The van der Waals surface area contributed by atoms with Gasteiger partial charge in [0.05, 0.1) is 12.7 Å². The first-order valence-electron chi connectivity index (χ1n) is 6.68. The first-order valence-corrected chi connectivity index (χ1v) is 6.68. The number of hydrogen-bond acceptors (Lipinski definition) is 4. The van der Waals surface area contributed by atoms with Gasteiger partial charge < -0.3 is 14.9 Å². The quantitative estimate of drug-likeness (QED) is 0.774. The van der Waals surface area contributed by atoms with Crippen LogP contribution in [0, 0.1) is 0 Å². The Hall–Kier alpha value is -1.59. The van der Waals surface area contributed by atoms with Crippen LogP contribution in [0.25, 0.3) is 0 Å². The van der Waals surface area contributed by atoms with E-state index in [0.29, 0.717) is 18.5 Å². The molecule has 1 rings (SSSR count). The molecule has 1 atom stereocenters. The standard InChI is InChI=1S/C15H23NO4/c1-15(2,3)20-14(19)16-12-6-4-5-11(9-12)7-8-13(18)10-17/h4-6,9,13,17-18H,7-8,10H2,1-3H3,(H,16,19)/t13-/m1/s1. The second kappa shape index (κ2) is 7.26. The maximum absolute atomic E-state index is 11.6. The molecule has 0 fully saturated rings. The van der Waals surface area contributed by atoms with Crippen molar-refractivity contribution < 1.29 is 19.7 Å². The Labute approximate surface area is 119 Å². The number of aryl methyl sites for hydroxylation is 1. The molecule has 0 unspecified atom stereocenters. The summed E-state index contributed by atoms with van der Waals surface area (Å²) in [4.78, 5) is 11.6. The van der Waals surface area contributed by atoms with Gasteiger partial charge in [-0.05, 0) is 51.3 Å². The summed E-state index contributed by atoms with van der Waals surface area (Å²) in [5.41, 5.74) is 1.09. The molecule has 5 heteroatoms. The van der Waals surface area contributed by atoms with Crippen molar-refractivity contribution in [2.75, 3.05) is 11.9 Å². The molecule has 0 heterocycles. The molecule has 1 amide bonds. The van der Waals surface area contributed by atoms with Gasteiger partial charge in [0.1, 0.15) is 5.60 Å². The Morgan fingerprint density at radius 3 is 2.70 bits per heavy atom. The number of amides is 1. The highest BCUT2D eigenvalue weighted by Crippen LogP contribution is 2.15. The third-order valence-electron chi connectivity index (χ3n) is 2.55. The summed E-state index contributed by atoms with van der Waals surface area (Å²) in [7, 11) is 0. The molecule has 0 aliphatic rings. The second-order valence-corrected chi connectivity index (χ2v) is 5.70. The van der Waals surface area contributed by atoms with E-state index in [1.165, 1.54) is 0 Å². The number of ether oxygens (including phenoxy) is 1. The van der Waals surface area contributed by atoms with Crippen LogP contribution in [0.2, 0.25) is 0 Å². The van der Waals surface area contributed by atoms with Crippen molar-refractivity contribution in [2.45, 2.75) is 45.3 Å². The zero-order chi connectivity index (χ0) is 15.2. The Balaban J connectivity index is 2.57. The highest BCUT2D eigenvalue weighted by molar-refractivity contribution is 5.84. The molecule has 1 aromatic rings. The lowest BCUT2D eigenvalue weighted by Crippen LogP contribution is -2.27. The summed E-state index contributed by atoms with van der Waals surface area (Å²) >= 11 is 0. The van der Waals surface area contributed by atoms with E-state index in [-0.39, 0.29) is 6.61 Å². The fraction of sp³-hybridized carbons (Fsp3) is 0.533. The van der Waals surface area contributed by atoms with E-state index >= 15 is 0 Å². The van der Waals surface area contributed by atoms with Gasteiger partial charge in [0.15, 0.2) is 0 Å². The van der Waals surface area contributed by atoms with Crippen LogP contribution < -0.4 is 5.32 Å². The molecule has 3 N–H and O–H groups in total. The first-order chi connectivity index (χ1) is 9.30. The number of nitrogens with one attached hydrogen (secondary N) is 1. The Kier molecular flexibility index (Phi) is 5.98. The van der Waals surface area contributed by atoms with Gasteiger partial charge >= 0.3 is 6.09 Å². The number of carbonyl (C=O) groups is 1. The zero-order valence-electron chi connectivity index (χ0n) is 12.2. The van der Waals surface area contributed by atoms with Crippen LogP contribution in [0.3, 0.4) is 0 Å². The van der Waals surface area contributed by atoms with Crippen LogP contribution in [0.1, 0.15) is 32.8 Å². The lowest BCUT2D eigenvalue weighted by molar-refractivity contribution is 0.0636. The molecule has 20 heavy (non-hydrogen) atoms. The molecule has 0 aliphatic carbocycles. The molecule has 0 saturated heterocycles. The third-order valence-corrected chi connectivity index (χ3v) is 2.55. The summed E-state index contributed by atoms with van der Waals surface area (Å²) in [6, 6.07) is 7.33. The average Bonchev–Trinajstić information content (AvgIpc) is 2.34. The van der Waals surface area contributed by atoms with Gasteiger partial charge in [-0.1, -0.05) is 12.1 Å². The van der Waals surface area contributed by atoms with Crippen molar-refractivity contribution in [1.82, 2.24) is 0 Å². The molecule has 1 aromatic carbocycles. The number of carbonyl (C=O) groups excluding carboxylic acids is 1. The minimum atomic E-state index is -0.711. The third kappa shape index (κ3) is 6.54. The van der Waals surface area contributed by atoms with E-state index < -0.39 is 17.8 Å². The van der Waals surface area contributed by atoms with Gasteiger partial charge in [0.25, 0.3) is 0 Å². The number of benzene rings is 1. The maximum Gasteiger partial charge on any atom is 0.412 e. The lowest BCUT2D eigenvalue weighted by Gasteiger charge is -2.19. The molecule has 0 saturated carbocycles. The smallest absolute Gasteiger partial charge is 0.412 e. The predicted molar refractivity (Wildman–Crippen MR) is 77.7 cm³/mol. The van der Waals surface area contributed by atoms with Crippen molar-refractivity contribution in [3.63, 3.8) is 0 Å². The second-order valence-electron chi connectivity index (χ2n) is 5.70. The zero-order valence-corrected chi connectivity index (χ0v) is 12.2. The molecule has 5 nitrogen and oxygen atoms in total. The van der Waals surface area contributed by atoms with Gasteiger partial charge in [0, 0.05) is 5.69 Å². The van der Waals surface area contributed by atoms with Gasteiger partial charge in [-0.15, -0.1) is 0 Å². The van der Waals surface area contributed by atoms with Crippen molar-refractivity contribution in [2.24, 2.45) is 0 Å². The van der Waals surface area contributed by atoms with Crippen molar-refractivity contribution >= 4 is 11.8 Å². The molecule has 0 radical (unpaired) electrons. The number of rotatable bonds is 5. The van der Waals surface area contributed by atoms with Crippen LogP contribution >= 0.6 is 0 Å². The largest absolute Gasteiger partial charge is 0.444 e. The number of aliphatic hydroxyl groups is 2. The van der Waals surface area contributed by atoms with E-state index in [9.17, 15) is 9.90 Å². The summed E-state index contributed by atoms with van der Waals surface area (Å²) in [5, 5.41) is 20.8. The highest BCUT2D eigenvalue weighted by atomic mass is 16.6. The van der Waals surface area contributed by atoms with Crippen molar-refractivity contribution in [3.05, 3.63) is 29.8 Å². The fourth-order valence-corrected chi connectivity index (χ4v) is 1.65. The Morgan fingerprint density at radius 2 is 2.10 bits per heavy atom. The predicted octanol–water partition coefficient (Wildman–Crippen LogP) is 2.32. The van der Waals surface area contributed by atoms with Crippen LogP contribution in [-0.2, 0) is 11.2 Å². The Bertz CT molecular complexity index is 440. The average molecular weight is 281 g/mol. The summed E-state index contributed by atoms with van der Waals surface area (Å²) in [6.07, 6.45) is -0.0969. The summed E-state index contributed by atoms with van der Waals surface area (Å²) in [6.45, 7) is 5.17. The summed E-state index contributed by atoms with van der Waals surface area (Å²) < 4.78 is 5.17. The number of aliphatic hydroxyl groups excluding tert-OH is 2. The number of hydrogen-bond donors (Lipinski definition) is 3. The van der Waals surface area contributed by atoms with Crippen molar-refractivity contribution in [1.29, 1.82) is 0 Å². The first kappa shape index (κ1) is 16.5. The SMILES string of the molecule is CC(C)(C)OC(=O)Nc1cccc(CC[C@@H](O)CO)c1. The molecule has 0 aliphatic heterocycles. The molecular formula is C15H23NO4. The van der Waals surface area contributed by atoms with E-state index in [2.05, 4.69) is 5.32 Å². The highest BCUT2D eigenvalue weighted by Gasteiger charge is 2.16. The van der Waals surface area contributed by atoms with Crippen LogP contribution in [0.4, 0.5) is 10.5 Å². The molecule has 112 valence electrons. The van der Waals surface area contributed by atoms with E-state index in [0.717, 1.165) is 5.56 Å². The van der Waals surface area contributed by atoms with Gasteiger partial charge in [-0.3, -0.25) is 5.32 Å². The lowest BCUT2D eigenvalue weighted by atomic mass is 10.1. The van der Waals surface area contributed by atoms with E-state index in [1.54, 1.807) is 26.8 Å². The van der Waals surface area contributed by atoms with Gasteiger partial charge in [0.2, 0.25) is 0 Å². The van der Waals surface area contributed by atoms with Crippen LogP contribution in [-0.4, -0.2) is 34.6 Å². The number of anilines is 1. The van der Waals surface area contributed by atoms with Gasteiger partial charge in [-0.2, -0.15) is 0 Å². The van der Waals surface area contributed by atoms with Gasteiger partial charge in [-0.25, -0.2) is 4.79 Å². The minimum Gasteiger partial charge on any atom is -0.444 e. The molecular weight excluding hydrogens is 258 g/mol. The summed E-state index contributed by atoms with van der Waals surface area (Å²) in [5.74, 6) is 0. The fourth-order valence-electron chi connectivity index (χ4n) is 1.65. The van der Waals surface area contributed by atoms with Crippen LogP contribution in [0.15, 0.2) is 24.3 Å². The minimum absolute atomic E-state index is 0.240. The van der Waals surface area contributed by atoms with E-state index in [4.69, 9.17) is 9.84 Å². The monoisotopic (exact) mass is 281 g/mol. The normalized spacial score (nSPS) is 12.8. The molecule has 0 aromatic heterocycles. The molecule has 0 bridgehead atoms. The molecule has 0 spiro atoms. The Morgan fingerprint density at radius 1 is 1.40 bits per heavy atom. The topological polar surface area (TPSA) is 78.8 Å². The van der Waals surface area contributed by atoms with E-state index in [1.807, 2.05) is 18.2 Å². The van der Waals surface area contributed by atoms with Crippen LogP contribution in [0.5, 0.6) is 0 Å².